The predicted octanol–water partition coefficient (Wildman–Crippen LogP) is 4.32. The summed E-state index contributed by atoms with van der Waals surface area (Å²) < 4.78 is 13.2. The average Bonchev–Trinajstić information content (AvgIpc) is 3.56. The smallest absolute Gasteiger partial charge is 0.404 e. The number of Topliss-reactive ketones (excluding diaryl/α,β-unsaturated/α-hetero) is 1. The van der Waals surface area contributed by atoms with Crippen LogP contribution in [0, 0.1) is 39.2 Å². The van der Waals surface area contributed by atoms with Crippen molar-refractivity contribution in [1.82, 2.24) is 10.7 Å². The molecular formula is C30H48BN5O6S. The maximum absolute atomic E-state index is 13.8. The van der Waals surface area contributed by atoms with Gasteiger partial charge in [0.25, 0.3) is 5.96 Å². The third-order valence-corrected chi connectivity index (χ3v) is 10.8. The molecule has 1 aromatic heterocycles. The Morgan fingerprint density at radius 3 is 2.70 bits per heavy atom. The minimum absolute atomic E-state index is 0.0117. The highest BCUT2D eigenvalue weighted by Crippen LogP contribution is 2.65. The number of nitro groups is 1. The summed E-state index contributed by atoms with van der Waals surface area (Å²) in [6, 6.07) is 4.07. The van der Waals surface area contributed by atoms with Crippen LogP contribution in [0.2, 0.25) is 0 Å². The Hall–Kier alpha value is -2.51. The van der Waals surface area contributed by atoms with E-state index in [2.05, 4.69) is 51.0 Å². The van der Waals surface area contributed by atoms with Crippen molar-refractivity contribution >= 4 is 36.1 Å². The lowest BCUT2D eigenvalue weighted by Crippen LogP contribution is -2.65. The van der Waals surface area contributed by atoms with E-state index in [1.165, 1.54) is 4.88 Å². The van der Waals surface area contributed by atoms with Gasteiger partial charge in [-0.2, -0.15) is 0 Å². The van der Waals surface area contributed by atoms with E-state index < -0.39 is 18.1 Å². The molecule has 1 amide bonds. The Morgan fingerprint density at radius 2 is 2.05 bits per heavy atom. The lowest BCUT2D eigenvalue weighted by Gasteiger charge is -2.64. The van der Waals surface area contributed by atoms with Gasteiger partial charge in [0, 0.05) is 30.2 Å². The summed E-state index contributed by atoms with van der Waals surface area (Å²) in [5.41, 5.74) is 7.20. The van der Waals surface area contributed by atoms with Crippen molar-refractivity contribution in [1.29, 1.82) is 0 Å². The maximum atomic E-state index is 13.8. The first-order valence-electron chi connectivity index (χ1n) is 15.7. The quantitative estimate of drug-likeness (QED) is 0.0618. The van der Waals surface area contributed by atoms with Crippen LogP contribution in [-0.4, -0.2) is 54.0 Å². The number of amides is 1. The Balaban J connectivity index is 1.40. The Kier molecular flexibility index (Phi) is 10.9. The van der Waals surface area contributed by atoms with Crippen LogP contribution in [0.15, 0.2) is 22.5 Å². The van der Waals surface area contributed by atoms with E-state index in [1.54, 1.807) is 11.3 Å². The van der Waals surface area contributed by atoms with Gasteiger partial charge in [-0.15, -0.1) is 11.3 Å². The highest BCUT2D eigenvalue weighted by atomic mass is 32.1. The van der Waals surface area contributed by atoms with Crippen molar-refractivity contribution in [2.24, 2.45) is 39.8 Å². The molecule has 0 spiro atoms. The molecule has 2 bridgehead atoms. The molecule has 3 saturated carbocycles. The molecule has 4 aliphatic rings. The van der Waals surface area contributed by atoms with Gasteiger partial charge in [-0.3, -0.25) is 9.59 Å². The van der Waals surface area contributed by atoms with Crippen molar-refractivity contribution in [2.45, 2.75) is 110 Å². The molecular weight excluding hydrogens is 569 g/mol. The minimum Gasteiger partial charge on any atom is -0.404 e. The number of guanidine groups is 1. The highest BCUT2D eigenvalue weighted by molar-refractivity contribution is 7.09. The van der Waals surface area contributed by atoms with Crippen molar-refractivity contribution in [3.63, 3.8) is 0 Å². The number of ketones is 1. The normalized spacial score (nSPS) is 27.3. The largest absolute Gasteiger partial charge is 0.481 e. The molecule has 13 heteroatoms. The first-order valence-corrected chi connectivity index (χ1v) is 16.6. The summed E-state index contributed by atoms with van der Waals surface area (Å²) in [7, 11) is -0.545. The first-order chi connectivity index (χ1) is 20.3. The van der Waals surface area contributed by atoms with E-state index in [0.29, 0.717) is 43.4 Å². The van der Waals surface area contributed by atoms with Gasteiger partial charge >= 0.3 is 7.12 Å². The maximum Gasteiger partial charge on any atom is 0.481 e. The van der Waals surface area contributed by atoms with Gasteiger partial charge in [0.05, 0.1) is 17.6 Å². The number of rotatable bonds is 16. The third kappa shape index (κ3) is 8.16. The van der Waals surface area contributed by atoms with Gasteiger partial charge in [0.15, 0.2) is 5.03 Å². The molecule has 11 nitrogen and oxygen atoms in total. The van der Waals surface area contributed by atoms with Crippen LogP contribution < -0.4 is 16.5 Å². The second-order valence-electron chi connectivity index (χ2n) is 13.7. The summed E-state index contributed by atoms with van der Waals surface area (Å²) in [6.45, 7) is 11.2. The molecule has 1 saturated heterocycles. The summed E-state index contributed by atoms with van der Waals surface area (Å²) in [5, 5.41) is 15.1. The van der Waals surface area contributed by atoms with Crippen LogP contribution in [0.4, 0.5) is 0 Å². The molecule has 5 rings (SSSR count). The first kappa shape index (κ1) is 33.4. The molecule has 1 aromatic rings. The fourth-order valence-corrected chi connectivity index (χ4v) is 8.15. The monoisotopic (exact) mass is 617 g/mol. The summed E-state index contributed by atoms with van der Waals surface area (Å²) in [4.78, 5) is 42.6. The van der Waals surface area contributed by atoms with E-state index in [1.807, 2.05) is 16.9 Å². The highest BCUT2D eigenvalue weighted by Gasteiger charge is 2.68. The lowest BCUT2D eigenvalue weighted by molar-refractivity contribution is -0.525. The van der Waals surface area contributed by atoms with E-state index in [-0.39, 0.29) is 53.7 Å². The van der Waals surface area contributed by atoms with Gasteiger partial charge < -0.3 is 20.4 Å². The molecule has 3 aliphatic carbocycles. The zero-order chi connectivity index (χ0) is 31.4. The number of hydrazine groups is 1. The van der Waals surface area contributed by atoms with Crippen LogP contribution in [0.25, 0.3) is 0 Å². The molecule has 0 aromatic carbocycles. The van der Waals surface area contributed by atoms with Gasteiger partial charge in [-0.05, 0) is 86.5 Å². The molecule has 4 N–H and O–H groups in total. The summed E-state index contributed by atoms with van der Waals surface area (Å²) in [5.74, 6) is -0.0102. The van der Waals surface area contributed by atoms with E-state index in [4.69, 9.17) is 15.0 Å². The fourth-order valence-electron chi connectivity index (χ4n) is 7.40. The SMILES string of the molecule is CC(C)C[C@H](NC(=O)[C@H](CCCN=C(N)N[N+](=O)[O-])CC(=O)CCCc1cccs1)B1O[C@@H]2C[C@@H]3C[C@@H](C3(C)C)[C@]2(C)O1. The number of nitrogens with one attached hydrogen (secondary N) is 2. The zero-order valence-electron chi connectivity index (χ0n) is 26.2. The molecule has 4 fully saturated rings. The average molecular weight is 618 g/mol. The van der Waals surface area contributed by atoms with E-state index in [9.17, 15) is 19.7 Å². The molecule has 0 radical (unpaired) electrons. The predicted molar refractivity (Wildman–Crippen MR) is 168 cm³/mol. The second-order valence-corrected chi connectivity index (χ2v) is 14.8. The standard InChI is InChI=1S/C30H48BN5O6S/c1-19(2)15-26(31-41-25-18-21-17-24(29(21,3)4)30(25,5)42-31)34-27(38)20(9-7-13-33-28(32)35-36(39)40)16-22(37)10-6-11-23-12-8-14-43-23/h8,12,14,19-21,24-26H,6-7,9-11,13,15-18H2,1-5H3,(H,34,38)(H3,32,33,35)/t20-,21+,24+,25-,26+,30+/m1/s1. The van der Waals surface area contributed by atoms with E-state index >= 15 is 0 Å². The van der Waals surface area contributed by atoms with Crippen molar-refractivity contribution in [3.8, 4) is 0 Å². The second kappa shape index (κ2) is 14.1. The van der Waals surface area contributed by atoms with Gasteiger partial charge in [-0.25, -0.2) is 15.1 Å². The van der Waals surface area contributed by atoms with Crippen LogP contribution in [-0.2, 0) is 25.3 Å². The number of carbonyl (C=O) groups is 2. The van der Waals surface area contributed by atoms with Gasteiger partial charge in [0.1, 0.15) is 5.78 Å². The number of hydrogen-bond donors (Lipinski definition) is 3. The number of aryl methyl sites for hydroxylation is 1. The molecule has 2 heterocycles. The topological polar surface area (TPSA) is 158 Å². The number of thiophene rings is 1. The lowest BCUT2D eigenvalue weighted by atomic mass is 9.43. The molecule has 0 unspecified atom stereocenters. The number of aliphatic imine (C=N–C) groups is 1. The Morgan fingerprint density at radius 1 is 1.28 bits per heavy atom. The summed E-state index contributed by atoms with van der Waals surface area (Å²) in [6.07, 6.45) is 5.77. The van der Waals surface area contributed by atoms with Crippen LogP contribution in [0.3, 0.4) is 0 Å². The Bertz CT molecular complexity index is 1160. The molecule has 6 atom stereocenters. The van der Waals surface area contributed by atoms with Crippen molar-refractivity contribution in [2.75, 3.05) is 6.54 Å². The number of nitrogens with two attached hydrogens (primary N) is 1. The van der Waals surface area contributed by atoms with Crippen LogP contribution in [0.1, 0.15) is 90.9 Å². The number of hydrogen-bond acceptors (Lipinski definition) is 8. The van der Waals surface area contributed by atoms with Crippen LogP contribution >= 0.6 is 11.3 Å². The summed E-state index contributed by atoms with van der Waals surface area (Å²) >= 11 is 1.68. The molecule has 43 heavy (non-hydrogen) atoms. The minimum atomic E-state index is -0.771. The van der Waals surface area contributed by atoms with Crippen molar-refractivity contribution < 1.29 is 23.9 Å². The van der Waals surface area contributed by atoms with Crippen molar-refractivity contribution in [3.05, 3.63) is 32.5 Å². The number of carbonyl (C=O) groups excluding carboxylic acids is 2. The molecule has 1 aliphatic heterocycles. The third-order valence-electron chi connectivity index (χ3n) is 9.85. The number of nitrogens with zero attached hydrogens (tertiary/aromatic N) is 2. The zero-order valence-corrected chi connectivity index (χ0v) is 27.0. The van der Waals surface area contributed by atoms with Gasteiger partial charge in [0.2, 0.25) is 5.91 Å². The van der Waals surface area contributed by atoms with E-state index in [0.717, 1.165) is 25.7 Å². The van der Waals surface area contributed by atoms with Crippen LogP contribution in [0.5, 0.6) is 0 Å². The Labute approximate surface area is 259 Å². The molecule has 238 valence electrons. The van der Waals surface area contributed by atoms with Gasteiger partial charge in [-0.1, -0.05) is 39.2 Å². The fraction of sp³-hybridized carbons (Fsp3) is 0.767.